The highest BCUT2D eigenvalue weighted by atomic mass is 19.4. The van der Waals surface area contributed by atoms with Crippen molar-refractivity contribution in [1.82, 2.24) is 19.9 Å². The lowest BCUT2D eigenvalue weighted by molar-refractivity contribution is -0.139. The number of nitrogens with zero attached hydrogens (tertiary/aromatic N) is 3. The van der Waals surface area contributed by atoms with E-state index in [0.717, 1.165) is 81.4 Å². The molecule has 0 spiro atoms. The SMILES string of the molecule is Cc1cccc2c1nc(C(F)(F)F)c1nc(C3CCCC3)n(CCC3CCNCC3)c12. The monoisotopic (exact) mass is 430 g/mol. The lowest BCUT2D eigenvalue weighted by Crippen LogP contribution is -2.28. The van der Waals surface area contributed by atoms with Crippen LogP contribution in [0.2, 0.25) is 0 Å². The van der Waals surface area contributed by atoms with Gasteiger partial charge in [0, 0.05) is 17.8 Å². The Morgan fingerprint density at radius 1 is 1.03 bits per heavy atom. The Morgan fingerprint density at radius 2 is 1.77 bits per heavy atom. The van der Waals surface area contributed by atoms with Crippen molar-refractivity contribution in [3.63, 3.8) is 0 Å². The van der Waals surface area contributed by atoms with Gasteiger partial charge in [-0.15, -0.1) is 0 Å². The minimum Gasteiger partial charge on any atom is -0.327 e. The topological polar surface area (TPSA) is 42.7 Å². The van der Waals surface area contributed by atoms with Gasteiger partial charge in [0.1, 0.15) is 11.3 Å². The van der Waals surface area contributed by atoms with Crippen molar-refractivity contribution in [3.05, 3.63) is 35.3 Å². The summed E-state index contributed by atoms with van der Waals surface area (Å²) in [5.41, 5.74) is 1.00. The highest BCUT2D eigenvalue weighted by molar-refractivity contribution is 6.04. The summed E-state index contributed by atoms with van der Waals surface area (Å²) in [4.78, 5) is 8.77. The van der Waals surface area contributed by atoms with E-state index < -0.39 is 11.9 Å². The molecule has 3 heterocycles. The zero-order chi connectivity index (χ0) is 21.6. The number of aromatic nitrogens is 3. The van der Waals surface area contributed by atoms with E-state index in [4.69, 9.17) is 0 Å². The summed E-state index contributed by atoms with van der Waals surface area (Å²) in [7, 11) is 0. The maximum Gasteiger partial charge on any atom is 0.435 e. The van der Waals surface area contributed by atoms with Gasteiger partial charge in [0.15, 0.2) is 5.69 Å². The van der Waals surface area contributed by atoms with Crippen LogP contribution in [0.3, 0.4) is 0 Å². The van der Waals surface area contributed by atoms with Crippen molar-refractivity contribution in [1.29, 1.82) is 0 Å². The molecule has 2 aromatic heterocycles. The number of aryl methyl sites for hydroxylation is 2. The third kappa shape index (κ3) is 3.81. The highest BCUT2D eigenvalue weighted by Gasteiger charge is 2.38. The first-order valence-electron chi connectivity index (χ1n) is 11.5. The number of hydrogen-bond donors (Lipinski definition) is 1. The van der Waals surface area contributed by atoms with Crippen LogP contribution in [0.15, 0.2) is 18.2 Å². The third-order valence-corrected chi connectivity index (χ3v) is 7.15. The number of imidazole rings is 1. The molecular weight excluding hydrogens is 401 g/mol. The zero-order valence-electron chi connectivity index (χ0n) is 17.9. The molecule has 0 unspecified atom stereocenters. The number of piperidine rings is 1. The summed E-state index contributed by atoms with van der Waals surface area (Å²) in [5.74, 6) is 1.68. The fourth-order valence-corrected chi connectivity index (χ4v) is 5.47. The minimum atomic E-state index is -4.53. The Hall–Kier alpha value is -2.15. The summed E-state index contributed by atoms with van der Waals surface area (Å²) in [6, 6.07) is 5.64. The molecule has 166 valence electrons. The molecule has 7 heteroatoms. The standard InChI is InChI=1S/C24H29F3N4/c1-15-5-4-8-18-19(15)29-22(24(25,26)27)20-21(18)31(14-11-16-9-12-28-13-10-16)23(30-20)17-6-2-3-7-17/h4-5,8,16-17,28H,2-3,6-7,9-14H2,1H3. The summed E-state index contributed by atoms with van der Waals surface area (Å²) in [6.45, 7) is 4.59. The molecule has 1 saturated heterocycles. The number of alkyl halides is 3. The lowest BCUT2D eigenvalue weighted by atomic mass is 9.94. The molecule has 4 nitrogen and oxygen atoms in total. The van der Waals surface area contributed by atoms with Gasteiger partial charge in [-0.2, -0.15) is 13.2 Å². The van der Waals surface area contributed by atoms with Crippen molar-refractivity contribution in [2.24, 2.45) is 5.92 Å². The molecule has 5 rings (SSSR count). The second-order valence-corrected chi connectivity index (χ2v) is 9.21. The van der Waals surface area contributed by atoms with E-state index >= 15 is 0 Å². The number of halogens is 3. The van der Waals surface area contributed by atoms with Gasteiger partial charge >= 0.3 is 6.18 Å². The van der Waals surface area contributed by atoms with Gasteiger partial charge in [0.05, 0.1) is 11.0 Å². The van der Waals surface area contributed by atoms with E-state index in [-0.39, 0.29) is 11.4 Å². The second kappa shape index (κ2) is 8.08. The molecule has 1 N–H and O–H groups in total. The normalized spacial score (nSPS) is 19.1. The predicted molar refractivity (Wildman–Crippen MR) is 116 cm³/mol. The Labute approximate surface area is 180 Å². The fourth-order valence-electron chi connectivity index (χ4n) is 5.47. The Balaban J connectivity index is 1.72. The maximum atomic E-state index is 14.1. The van der Waals surface area contributed by atoms with Crippen molar-refractivity contribution < 1.29 is 13.2 Å². The zero-order valence-corrected chi connectivity index (χ0v) is 17.9. The number of nitrogens with one attached hydrogen (secondary N) is 1. The first kappa shape index (κ1) is 20.7. The Kier molecular flexibility index (Phi) is 5.40. The molecule has 0 atom stereocenters. The van der Waals surface area contributed by atoms with Crippen LogP contribution < -0.4 is 5.32 Å². The van der Waals surface area contributed by atoms with Crippen LogP contribution in [0.5, 0.6) is 0 Å². The van der Waals surface area contributed by atoms with E-state index in [1.807, 2.05) is 25.1 Å². The van der Waals surface area contributed by atoms with Gasteiger partial charge in [-0.25, -0.2) is 9.97 Å². The molecular formula is C24H29F3N4. The van der Waals surface area contributed by atoms with Crippen molar-refractivity contribution in [3.8, 4) is 0 Å². The summed E-state index contributed by atoms with van der Waals surface area (Å²) < 4.78 is 44.3. The van der Waals surface area contributed by atoms with Gasteiger partial charge in [0.2, 0.25) is 0 Å². The first-order chi connectivity index (χ1) is 14.9. The summed E-state index contributed by atoms with van der Waals surface area (Å²) >= 11 is 0. The Bertz CT molecular complexity index is 1090. The molecule has 1 aliphatic heterocycles. The van der Waals surface area contributed by atoms with E-state index in [9.17, 15) is 13.2 Å². The predicted octanol–water partition coefficient (Wildman–Crippen LogP) is 5.96. The molecule has 1 aromatic carbocycles. The van der Waals surface area contributed by atoms with Crippen molar-refractivity contribution >= 4 is 21.9 Å². The van der Waals surface area contributed by atoms with Crippen LogP contribution >= 0.6 is 0 Å². The van der Waals surface area contributed by atoms with Crippen LogP contribution in [-0.2, 0) is 12.7 Å². The van der Waals surface area contributed by atoms with Crippen LogP contribution in [0.4, 0.5) is 13.2 Å². The van der Waals surface area contributed by atoms with E-state index in [1.54, 1.807) is 0 Å². The largest absolute Gasteiger partial charge is 0.435 e. The smallest absolute Gasteiger partial charge is 0.327 e. The van der Waals surface area contributed by atoms with Gasteiger partial charge < -0.3 is 9.88 Å². The minimum absolute atomic E-state index is 0.0258. The highest BCUT2D eigenvalue weighted by Crippen LogP contribution is 2.41. The van der Waals surface area contributed by atoms with Gasteiger partial charge in [-0.1, -0.05) is 31.0 Å². The van der Waals surface area contributed by atoms with Gasteiger partial charge in [-0.05, 0) is 63.6 Å². The number of benzene rings is 1. The molecule has 0 radical (unpaired) electrons. The third-order valence-electron chi connectivity index (χ3n) is 7.15. The number of para-hydroxylation sites is 1. The molecule has 1 saturated carbocycles. The number of hydrogen-bond acceptors (Lipinski definition) is 3. The van der Waals surface area contributed by atoms with E-state index in [0.29, 0.717) is 17.0 Å². The summed E-state index contributed by atoms with van der Waals surface area (Å²) in [6.07, 6.45) is 2.94. The molecule has 0 bridgehead atoms. The number of rotatable bonds is 4. The average Bonchev–Trinajstić information content (AvgIpc) is 3.40. The van der Waals surface area contributed by atoms with E-state index in [2.05, 4.69) is 19.9 Å². The maximum absolute atomic E-state index is 14.1. The molecule has 2 fully saturated rings. The number of pyridine rings is 1. The summed E-state index contributed by atoms with van der Waals surface area (Å²) in [5, 5.41) is 4.18. The molecule has 3 aromatic rings. The van der Waals surface area contributed by atoms with Crippen LogP contribution in [-0.4, -0.2) is 27.6 Å². The average molecular weight is 431 g/mol. The molecule has 1 aliphatic carbocycles. The van der Waals surface area contributed by atoms with Crippen LogP contribution in [0, 0.1) is 12.8 Å². The quantitative estimate of drug-likeness (QED) is 0.555. The van der Waals surface area contributed by atoms with E-state index in [1.165, 1.54) is 0 Å². The van der Waals surface area contributed by atoms with Gasteiger partial charge in [0.25, 0.3) is 0 Å². The lowest BCUT2D eigenvalue weighted by Gasteiger charge is -2.24. The molecule has 0 amide bonds. The van der Waals surface area contributed by atoms with Gasteiger partial charge in [-0.3, -0.25) is 0 Å². The molecule has 2 aliphatic rings. The number of fused-ring (bicyclic) bond motifs is 3. The van der Waals surface area contributed by atoms with Crippen molar-refractivity contribution in [2.75, 3.05) is 13.1 Å². The fraction of sp³-hybridized carbons (Fsp3) is 0.583. The molecule has 31 heavy (non-hydrogen) atoms. The van der Waals surface area contributed by atoms with Crippen molar-refractivity contribution in [2.45, 2.75) is 70.5 Å². The first-order valence-corrected chi connectivity index (χ1v) is 11.5. The Morgan fingerprint density at radius 3 is 2.48 bits per heavy atom. The van der Waals surface area contributed by atoms with Crippen LogP contribution in [0.25, 0.3) is 21.9 Å². The second-order valence-electron chi connectivity index (χ2n) is 9.21. The van der Waals surface area contributed by atoms with Crippen LogP contribution in [0.1, 0.15) is 67.9 Å².